The Labute approximate surface area is 132 Å². The van der Waals surface area contributed by atoms with E-state index in [2.05, 4.69) is 16.5 Å². The lowest BCUT2D eigenvalue weighted by atomic mass is 9.87. The van der Waals surface area contributed by atoms with Gasteiger partial charge in [0.1, 0.15) is 0 Å². The van der Waals surface area contributed by atoms with Crippen LogP contribution in [0.1, 0.15) is 57.7 Å². The third kappa shape index (κ3) is 4.57. The van der Waals surface area contributed by atoms with E-state index in [4.69, 9.17) is 5.73 Å². The second kappa shape index (κ2) is 7.77. The van der Waals surface area contributed by atoms with E-state index in [1.54, 1.807) is 0 Å². The molecule has 124 valence electrons. The van der Waals surface area contributed by atoms with E-state index in [0.717, 1.165) is 11.6 Å². The fraction of sp³-hybridized carbons (Fsp3) is 0.765. The summed E-state index contributed by atoms with van der Waals surface area (Å²) in [6.45, 7) is 4.84. The summed E-state index contributed by atoms with van der Waals surface area (Å²) in [7, 11) is 0. The van der Waals surface area contributed by atoms with Crippen molar-refractivity contribution >= 4 is 5.97 Å². The van der Waals surface area contributed by atoms with Crippen LogP contribution >= 0.6 is 0 Å². The van der Waals surface area contributed by atoms with Gasteiger partial charge in [0.2, 0.25) is 0 Å². The minimum absolute atomic E-state index is 0.225. The summed E-state index contributed by atoms with van der Waals surface area (Å²) in [5, 5.41) is 9.39. The summed E-state index contributed by atoms with van der Waals surface area (Å²) >= 11 is 0. The van der Waals surface area contributed by atoms with Gasteiger partial charge in [0.05, 0.1) is 17.9 Å². The minimum atomic E-state index is -0.749. The standard InChI is InChI=1S/C17H29N3O2/c1-12-3-5-16(6-4-12)20-10-15(19-11-20)8-14(17(21)22)7-13(2)9-18/h10-14,16H,3-9,18H2,1-2H3,(H,21,22)/t12-,13?,14?,16-. The predicted octanol–water partition coefficient (Wildman–Crippen LogP) is 2.86. The van der Waals surface area contributed by atoms with Gasteiger partial charge in [-0.25, -0.2) is 4.98 Å². The Morgan fingerprint density at radius 1 is 1.45 bits per heavy atom. The van der Waals surface area contributed by atoms with Gasteiger partial charge in [-0.2, -0.15) is 0 Å². The Hall–Kier alpha value is -1.36. The summed E-state index contributed by atoms with van der Waals surface area (Å²) in [5.74, 6) is -0.0916. The fourth-order valence-electron chi connectivity index (χ4n) is 3.33. The van der Waals surface area contributed by atoms with Crippen LogP contribution in [0.5, 0.6) is 0 Å². The number of carboxylic acids is 1. The van der Waals surface area contributed by atoms with E-state index in [1.165, 1.54) is 25.7 Å². The number of hydrogen-bond donors (Lipinski definition) is 2. The van der Waals surface area contributed by atoms with Crippen molar-refractivity contribution in [2.45, 2.75) is 58.4 Å². The number of carbonyl (C=O) groups is 1. The molecule has 0 aliphatic heterocycles. The van der Waals surface area contributed by atoms with Crippen LogP contribution in [0.4, 0.5) is 0 Å². The number of rotatable bonds is 7. The third-order valence-electron chi connectivity index (χ3n) is 4.96. The average Bonchev–Trinajstić information content (AvgIpc) is 2.95. The molecule has 3 N–H and O–H groups in total. The van der Waals surface area contributed by atoms with E-state index < -0.39 is 11.9 Å². The van der Waals surface area contributed by atoms with Crippen molar-refractivity contribution in [3.8, 4) is 0 Å². The van der Waals surface area contributed by atoms with Crippen molar-refractivity contribution in [3.05, 3.63) is 18.2 Å². The molecule has 1 aliphatic rings. The maximum Gasteiger partial charge on any atom is 0.306 e. The van der Waals surface area contributed by atoms with Crippen molar-refractivity contribution in [3.63, 3.8) is 0 Å². The first kappa shape index (κ1) is 17.0. The lowest BCUT2D eigenvalue weighted by Gasteiger charge is -2.26. The molecule has 0 amide bonds. The summed E-state index contributed by atoms with van der Waals surface area (Å²) in [4.78, 5) is 15.9. The Balaban J connectivity index is 1.96. The molecular formula is C17H29N3O2. The molecule has 0 saturated heterocycles. The van der Waals surface area contributed by atoms with E-state index in [1.807, 2.05) is 19.4 Å². The second-order valence-electron chi connectivity index (χ2n) is 7.04. The van der Waals surface area contributed by atoms with Crippen molar-refractivity contribution in [2.24, 2.45) is 23.5 Å². The zero-order valence-corrected chi connectivity index (χ0v) is 13.7. The van der Waals surface area contributed by atoms with Crippen LogP contribution in [0.15, 0.2) is 12.5 Å². The molecule has 0 aromatic carbocycles. The zero-order valence-electron chi connectivity index (χ0n) is 13.7. The highest BCUT2D eigenvalue weighted by Gasteiger charge is 2.23. The molecule has 1 aliphatic carbocycles. The summed E-state index contributed by atoms with van der Waals surface area (Å²) in [6.07, 6.45) is 9.96. The van der Waals surface area contributed by atoms with Crippen molar-refractivity contribution < 1.29 is 9.90 Å². The molecule has 5 nitrogen and oxygen atoms in total. The van der Waals surface area contributed by atoms with Crippen LogP contribution in [0.25, 0.3) is 0 Å². The molecule has 1 heterocycles. The average molecular weight is 307 g/mol. The zero-order chi connectivity index (χ0) is 16.1. The highest BCUT2D eigenvalue weighted by atomic mass is 16.4. The first-order valence-corrected chi connectivity index (χ1v) is 8.44. The maximum atomic E-state index is 11.4. The number of aromatic nitrogens is 2. The molecule has 2 atom stereocenters. The summed E-state index contributed by atoms with van der Waals surface area (Å²) in [6, 6.07) is 0.531. The van der Waals surface area contributed by atoms with E-state index in [0.29, 0.717) is 25.4 Å². The molecule has 2 unspecified atom stereocenters. The Morgan fingerprint density at radius 3 is 2.73 bits per heavy atom. The monoisotopic (exact) mass is 307 g/mol. The molecule has 1 saturated carbocycles. The number of aliphatic carboxylic acids is 1. The number of hydrogen-bond acceptors (Lipinski definition) is 3. The Morgan fingerprint density at radius 2 is 2.14 bits per heavy atom. The molecule has 2 rings (SSSR count). The molecule has 0 bridgehead atoms. The highest BCUT2D eigenvalue weighted by molar-refractivity contribution is 5.70. The van der Waals surface area contributed by atoms with Crippen molar-refractivity contribution in [1.82, 2.24) is 9.55 Å². The molecule has 5 heteroatoms. The predicted molar refractivity (Wildman–Crippen MR) is 86.6 cm³/mol. The molecule has 0 radical (unpaired) electrons. The second-order valence-corrected chi connectivity index (χ2v) is 7.04. The van der Waals surface area contributed by atoms with Crippen LogP contribution in [0.2, 0.25) is 0 Å². The summed E-state index contributed by atoms with van der Waals surface area (Å²) in [5.41, 5.74) is 6.50. The van der Waals surface area contributed by atoms with Gasteiger partial charge in [0.25, 0.3) is 0 Å². The molecule has 0 spiro atoms. The van der Waals surface area contributed by atoms with Gasteiger partial charge in [-0.15, -0.1) is 0 Å². The lowest BCUT2D eigenvalue weighted by Crippen LogP contribution is -2.23. The maximum absolute atomic E-state index is 11.4. The normalized spacial score (nSPS) is 24.9. The van der Waals surface area contributed by atoms with Crippen molar-refractivity contribution in [1.29, 1.82) is 0 Å². The third-order valence-corrected chi connectivity index (χ3v) is 4.96. The number of nitrogens with two attached hydrogens (primary N) is 1. The summed E-state index contributed by atoms with van der Waals surface area (Å²) < 4.78 is 2.19. The van der Waals surface area contributed by atoms with Gasteiger partial charge < -0.3 is 15.4 Å². The molecule has 22 heavy (non-hydrogen) atoms. The molecular weight excluding hydrogens is 278 g/mol. The van der Waals surface area contributed by atoms with E-state index in [-0.39, 0.29) is 5.92 Å². The minimum Gasteiger partial charge on any atom is -0.481 e. The van der Waals surface area contributed by atoms with Crippen LogP contribution in [0, 0.1) is 17.8 Å². The molecule has 1 aromatic heterocycles. The smallest absolute Gasteiger partial charge is 0.306 e. The van der Waals surface area contributed by atoms with Gasteiger partial charge in [-0.3, -0.25) is 4.79 Å². The Bertz CT molecular complexity index is 478. The van der Waals surface area contributed by atoms with E-state index in [9.17, 15) is 9.90 Å². The number of imidazole rings is 1. The number of nitrogens with zero attached hydrogens (tertiary/aromatic N) is 2. The SMILES string of the molecule is CC(CN)CC(Cc1cn([C@H]2CC[C@H](C)CC2)cn1)C(=O)O. The topological polar surface area (TPSA) is 81.1 Å². The van der Waals surface area contributed by atoms with Crippen LogP contribution in [-0.2, 0) is 11.2 Å². The fourth-order valence-corrected chi connectivity index (χ4v) is 3.33. The van der Waals surface area contributed by atoms with Crippen LogP contribution in [-0.4, -0.2) is 27.2 Å². The van der Waals surface area contributed by atoms with Gasteiger partial charge in [0, 0.05) is 18.7 Å². The van der Waals surface area contributed by atoms with Crippen LogP contribution in [0.3, 0.4) is 0 Å². The van der Waals surface area contributed by atoms with Gasteiger partial charge in [-0.1, -0.05) is 13.8 Å². The highest BCUT2D eigenvalue weighted by Crippen LogP contribution is 2.32. The first-order chi connectivity index (χ1) is 10.5. The lowest BCUT2D eigenvalue weighted by molar-refractivity contribution is -0.142. The molecule has 1 fully saturated rings. The largest absolute Gasteiger partial charge is 0.481 e. The van der Waals surface area contributed by atoms with E-state index >= 15 is 0 Å². The van der Waals surface area contributed by atoms with Gasteiger partial charge >= 0.3 is 5.97 Å². The quantitative estimate of drug-likeness (QED) is 0.811. The molecule has 1 aromatic rings. The first-order valence-electron chi connectivity index (χ1n) is 8.44. The van der Waals surface area contributed by atoms with Gasteiger partial charge in [0.15, 0.2) is 0 Å². The van der Waals surface area contributed by atoms with Crippen molar-refractivity contribution in [2.75, 3.05) is 6.54 Å². The number of carboxylic acid groups (broad SMARTS) is 1. The Kier molecular flexibility index (Phi) is 6.00. The van der Waals surface area contributed by atoms with Gasteiger partial charge in [-0.05, 0) is 50.5 Å². The van der Waals surface area contributed by atoms with Crippen LogP contribution < -0.4 is 5.73 Å².